The molecule has 1 aliphatic heterocycles. The highest BCUT2D eigenvalue weighted by Gasteiger charge is 2.48. The van der Waals surface area contributed by atoms with E-state index in [1.165, 1.54) is 33.8 Å². The number of nitrogens with zero attached hydrogens (tertiary/aromatic N) is 6. The maximum Gasteiger partial charge on any atom is 0.432 e. The summed E-state index contributed by atoms with van der Waals surface area (Å²) >= 11 is 0. The van der Waals surface area contributed by atoms with Crippen LogP contribution in [0.25, 0.3) is 28.2 Å². The van der Waals surface area contributed by atoms with Crippen LogP contribution in [0.5, 0.6) is 0 Å². The first-order chi connectivity index (χ1) is 20.3. The molecule has 0 amide bonds. The second-order valence-corrected chi connectivity index (χ2v) is 10.0. The van der Waals surface area contributed by atoms with E-state index in [4.69, 9.17) is 5.73 Å². The van der Waals surface area contributed by atoms with Gasteiger partial charge in [-0.25, -0.2) is 19.7 Å². The van der Waals surface area contributed by atoms with Crippen LogP contribution in [0.3, 0.4) is 0 Å². The third-order valence-electron chi connectivity index (χ3n) is 7.09. The molecule has 1 saturated heterocycles. The number of anilines is 1. The van der Waals surface area contributed by atoms with Crippen LogP contribution < -0.4 is 16.3 Å². The summed E-state index contributed by atoms with van der Waals surface area (Å²) < 4.78 is 79.2. The van der Waals surface area contributed by atoms with E-state index in [0.29, 0.717) is 33.7 Å². The molecule has 4 aromatic rings. The Morgan fingerprint density at radius 3 is 2.44 bits per heavy atom. The number of rotatable bonds is 7. The van der Waals surface area contributed by atoms with Gasteiger partial charge in [0.25, 0.3) is 0 Å². The Hall–Kier alpha value is -4.82. The average molecular weight is 605 g/mol. The normalized spacial score (nSPS) is 15.2. The Morgan fingerprint density at radius 1 is 1.12 bits per heavy atom. The van der Waals surface area contributed by atoms with Crippen LogP contribution in [0.1, 0.15) is 18.1 Å². The summed E-state index contributed by atoms with van der Waals surface area (Å²) in [4.78, 5) is 31.5. The lowest BCUT2D eigenvalue weighted by molar-refractivity contribution is -0.180. The molecule has 3 aromatic heterocycles. The minimum atomic E-state index is -4.66. The van der Waals surface area contributed by atoms with Gasteiger partial charge in [0.2, 0.25) is 0 Å². The SMILES string of the molecule is C/C=C(/c1ccc(Cn2c(=O)[nH]c3cnc(-c4cccnc4N4CC(C(F)(F)F)C4)nc32)cc1)N(C)/C=C(\N)C(F)(F)F. The molecule has 9 nitrogen and oxygen atoms in total. The molecule has 5 rings (SSSR count). The van der Waals surface area contributed by atoms with Crippen molar-refractivity contribution in [1.29, 1.82) is 0 Å². The Labute approximate surface area is 241 Å². The number of alkyl halides is 6. The molecular formula is C28H26F6N8O. The number of nitrogens with one attached hydrogen (secondary N) is 1. The van der Waals surface area contributed by atoms with E-state index in [0.717, 1.165) is 6.20 Å². The summed E-state index contributed by atoms with van der Waals surface area (Å²) in [7, 11) is 1.45. The van der Waals surface area contributed by atoms with Crippen LogP contribution in [0.4, 0.5) is 32.2 Å². The minimum Gasteiger partial charge on any atom is -0.394 e. The number of fused-ring (bicyclic) bond motifs is 1. The average Bonchev–Trinajstić information content (AvgIpc) is 3.22. The van der Waals surface area contributed by atoms with Gasteiger partial charge in [0.15, 0.2) is 11.5 Å². The van der Waals surface area contributed by atoms with E-state index in [1.54, 1.807) is 49.4 Å². The molecule has 1 fully saturated rings. The summed E-state index contributed by atoms with van der Waals surface area (Å²) in [6.45, 7) is 1.34. The summed E-state index contributed by atoms with van der Waals surface area (Å²) in [5.41, 5.74) is 6.36. The third kappa shape index (κ3) is 6.05. The van der Waals surface area contributed by atoms with Crippen molar-refractivity contribution in [3.63, 3.8) is 0 Å². The van der Waals surface area contributed by atoms with Crippen molar-refractivity contribution in [2.45, 2.75) is 25.8 Å². The Kier molecular flexibility index (Phi) is 7.67. The van der Waals surface area contributed by atoms with E-state index < -0.39 is 29.7 Å². The van der Waals surface area contributed by atoms with Gasteiger partial charge in [-0.3, -0.25) is 4.57 Å². The minimum absolute atomic E-state index is 0.108. The quantitative estimate of drug-likeness (QED) is 0.290. The first-order valence-corrected chi connectivity index (χ1v) is 13.0. The molecule has 3 N–H and O–H groups in total. The zero-order chi connectivity index (χ0) is 31.1. The van der Waals surface area contributed by atoms with Crippen LogP contribution in [0.15, 0.2) is 71.6 Å². The molecule has 0 radical (unpaired) electrons. The van der Waals surface area contributed by atoms with E-state index in [1.807, 2.05) is 0 Å². The van der Waals surface area contributed by atoms with Crippen molar-refractivity contribution in [2.75, 3.05) is 25.0 Å². The van der Waals surface area contributed by atoms with Crippen LogP contribution in [-0.2, 0) is 6.54 Å². The fourth-order valence-corrected chi connectivity index (χ4v) is 4.79. The number of hydrogen-bond acceptors (Lipinski definition) is 7. The van der Waals surface area contributed by atoms with Gasteiger partial charge in [0.05, 0.1) is 24.2 Å². The van der Waals surface area contributed by atoms with Crippen molar-refractivity contribution < 1.29 is 26.3 Å². The number of pyridine rings is 1. The summed E-state index contributed by atoms with van der Waals surface area (Å²) in [5.74, 6) is -0.925. The maximum absolute atomic E-state index is 13.1. The predicted molar refractivity (Wildman–Crippen MR) is 148 cm³/mol. The molecule has 43 heavy (non-hydrogen) atoms. The molecule has 1 aromatic carbocycles. The molecule has 4 heterocycles. The zero-order valence-corrected chi connectivity index (χ0v) is 22.9. The van der Waals surface area contributed by atoms with Gasteiger partial charge in [-0.1, -0.05) is 30.3 Å². The topological polar surface area (TPSA) is 109 Å². The Balaban J connectivity index is 1.40. The molecule has 226 valence electrons. The lowest BCUT2D eigenvalue weighted by Gasteiger charge is -2.41. The zero-order valence-electron chi connectivity index (χ0n) is 22.9. The fourth-order valence-electron chi connectivity index (χ4n) is 4.79. The van der Waals surface area contributed by atoms with Gasteiger partial charge < -0.3 is 20.5 Å². The number of H-pyrrole nitrogens is 1. The van der Waals surface area contributed by atoms with Gasteiger partial charge in [-0.05, 0) is 30.2 Å². The number of allylic oxidation sites excluding steroid dienone is 2. The first-order valence-electron chi connectivity index (χ1n) is 13.0. The van der Waals surface area contributed by atoms with Crippen LogP contribution >= 0.6 is 0 Å². The Morgan fingerprint density at radius 2 is 1.81 bits per heavy atom. The number of halogens is 6. The van der Waals surface area contributed by atoms with Gasteiger partial charge in [-0.15, -0.1) is 0 Å². The predicted octanol–water partition coefficient (Wildman–Crippen LogP) is 4.88. The summed E-state index contributed by atoms with van der Waals surface area (Å²) in [6, 6.07) is 10.2. The van der Waals surface area contributed by atoms with Gasteiger partial charge in [-0.2, -0.15) is 26.3 Å². The van der Waals surface area contributed by atoms with Gasteiger partial charge in [0, 0.05) is 38.2 Å². The van der Waals surface area contributed by atoms with Crippen molar-refractivity contribution in [3.8, 4) is 11.4 Å². The van der Waals surface area contributed by atoms with Gasteiger partial charge >= 0.3 is 18.0 Å². The van der Waals surface area contributed by atoms with Crippen LogP contribution in [0.2, 0.25) is 0 Å². The molecule has 0 unspecified atom stereocenters. The monoisotopic (exact) mass is 604 g/mol. The van der Waals surface area contributed by atoms with E-state index in [9.17, 15) is 31.1 Å². The highest BCUT2D eigenvalue weighted by atomic mass is 19.4. The fraction of sp³-hybridized carbons (Fsp3) is 0.286. The molecular weight excluding hydrogens is 578 g/mol. The van der Waals surface area contributed by atoms with Crippen LogP contribution in [0, 0.1) is 5.92 Å². The number of nitrogens with two attached hydrogens (primary N) is 1. The van der Waals surface area contributed by atoms with Crippen molar-refractivity contribution in [2.24, 2.45) is 11.7 Å². The largest absolute Gasteiger partial charge is 0.432 e. The lowest BCUT2D eigenvalue weighted by atomic mass is 9.99. The summed E-state index contributed by atoms with van der Waals surface area (Å²) in [6.07, 6.45) is -3.59. The second-order valence-electron chi connectivity index (χ2n) is 10.0. The van der Waals surface area contributed by atoms with E-state index >= 15 is 0 Å². The summed E-state index contributed by atoms with van der Waals surface area (Å²) in [5, 5.41) is 0. The van der Waals surface area contributed by atoms with E-state index in [-0.39, 0.29) is 31.1 Å². The molecule has 0 spiro atoms. The highest BCUT2D eigenvalue weighted by Crippen LogP contribution is 2.38. The number of hydrogen-bond donors (Lipinski definition) is 2. The van der Waals surface area contributed by atoms with Crippen molar-refractivity contribution >= 4 is 22.7 Å². The smallest absolute Gasteiger partial charge is 0.394 e. The van der Waals surface area contributed by atoms with Crippen molar-refractivity contribution in [3.05, 3.63) is 88.4 Å². The van der Waals surface area contributed by atoms with Gasteiger partial charge in [0.1, 0.15) is 17.0 Å². The third-order valence-corrected chi connectivity index (χ3v) is 7.09. The Bertz CT molecular complexity index is 1750. The lowest BCUT2D eigenvalue weighted by Crippen LogP contribution is -2.53. The molecule has 1 aliphatic rings. The van der Waals surface area contributed by atoms with Crippen LogP contribution in [-0.4, -0.2) is 61.9 Å². The highest BCUT2D eigenvalue weighted by molar-refractivity contribution is 5.77. The molecule has 0 bridgehead atoms. The number of aromatic amines is 1. The molecule has 0 atom stereocenters. The molecule has 0 aliphatic carbocycles. The molecule has 0 saturated carbocycles. The van der Waals surface area contributed by atoms with Crippen molar-refractivity contribution in [1.82, 2.24) is 29.4 Å². The molecule has 15 heteroatoms. The second kappa shape index (κ2) is 11.1. The number of imidazole rings is 1. The number of benzene rings is 1. The van der Waals surface area contributed by atoms with E-state index in [2.05, 4.69) is 19.9 Å². The first kappa shape index (κ1) is 29.7. The number of aromatic nitrogens is 5. The maximum atomic E-state index is 13.1. The standard InChI is InChI=1S/C28H26F6N8O/c1-3-21(40(2)15-22(35)28(32,33)34)17-8-6-16(7-9-17)12-42-25-20(38-26(42)43)11-37-23(39-25)19-5-4-10-36-24(19)41-13-18(14-41)27(29,30)31/h3-11,15,18H,12-14,35H2,1-2H3,(H,38,43)/b21-3-,22-15-.